The van der Waals surface area contributed by atoms with Gasteiger partial charge in [0.25, 0.3) is 0 Å². The molecule has 0 saturated carbocycles. The summed E-state index contributed by atoms with van der Waals surface area (Å²) in [6, 6.07) is 16.6. The first-order valence-electron chi connectivity index (χ1n) is 7.41. The molecule has 2 aromatic rings. The Balaban J connectivity index is 0.000000443. The number of carboxylic acid groups (broad SMARTS) is 2. The van der Waals surface area contributed by atoms with E-state index < -0.39 is 24.0 Å². The summed E-state index contributed by atoms with van der Waals surface area (Å²) in [5, 5.41) is 20.5. The van der Waals surface area contributed by atoms with Crippen molar-refractivity contribution in [1.29, 1.82) is 0 Å². The van der Waals surface area contributed by atoms with Gasteiger partial charge in [-0.2, -0.15) is 0 Å². The van der Waals surface area contributed by atoms with Gasteiger partial charge in [-0.15, -0.1) is 0 Å². The third-order valence-corrected chi connectivity index (χ3v) is 3.20. The van der Waals surface area contributed by atoms with Crippen LogP contribution in [0.25, 0.3) is 0 Å². The summed E-state index contributed by atoms with van der Waals surface area (Å²) in [6.07, 6.45) is 0.645. The predicted molar refractivity (Wildman–Crippen MR) is 92.0 cm³/mol. The van der Waals surface area contributed by atoms with Crippen molar-refractivity contribution >= 4 is 35.0 Å². The van der Waals surface area contributed by atoms with Gasteiger partial charge in [0, 0.05) is 12.1 Å². The molecule has 0 aliphatic rings. The summed E-state index contributed by atoms with van der Waals surface area (Å²) in [7, 11) is 0. The van der Waals surface area contributed by atoms with Crippen LogP contribution in [0, 0.1) is 0 Å². The molecule has 0 bridgehead atoms. The molecule has 0 fully saturated rings. The fourth-order valence-corrected chi connectivity index (χ4v) is 1.90. The summed E-state index contributed by atoms with van der Waals surface area (Å²) in [6.45, 7) is 0. The number of hydrogen-bond donors (Lipinski definition) is 2. The number of benzene rings is 2. The number of hydrogen-bond acceptors (Lipinski definition) is 6. The molecule has 2 aromatic carbocycles. The summed E-state index contributed by atoms with van der Waals surface area (Å²) in [5.74, 6) is -2.42. The van der Waals surface area contributed by atoms with Gasteiger partial charge in [-0.1, -0.05) is 60.7 Å². The maximum Gasteiger partial charge on any atom is 2.00 e. The number of nitrogens with two attached hydrogens (primary N) is 2. The Morgan fingerprint density at radius 2 is 1.00 bits per heavy atom. The molecule has 0 unspecified atom stereocenters. The minimum atomic E-state index is -1.21. The van der Waals surface area contributed by atoms with E-state index in [4.69, 9.17) is 11.5 Å². The van der Waals surface area contributed by atoms with Crippen LogP contribution in [0.3, 0.4) is 0 Å². The maximum absolute atomic E-state index is 10.3. The molecule has 2 atom stereocenters. The van der Waals surface area contributed by atoms with Crippen LogP contribution in [0.1, 0.15) is 11.1 Å². The molecule has 25 heavy (non-hydrogen) atoms. The Kier molecular flexibility index (Phi) is 11.5. The Morgan fingerprint density at radius 1 is 0.720 bits per heavy atom. The van der Waals surface area contributed by atoms with Crippen LogP contribution in [0.4, 0.5) is 0 Å². The second-order valence-electron chi connectivity index (χ2n) is 5.23. The molecule has 0 radical (unpaired) electrons. The monoisotopic (exact) mass is 352 g/mol. The minimum Gasteiger partial charge on any atom is -0.548 e. The van der Waals surface area contributed by atoms with Crippen LogP contribution in [-0.4, -0.2) is 47.1 Å². The molecule has 0 aliphatic carbocycles. The van der Waals surface area contributed by atoms with Crippen molar-refractivity contribution in [3.8, 4) is 0 Å². The molecule has 0 amide bonds. The molecule has 6 nitrogen and oxygen atoms in total. The molecule has 0 saturated heterocycles. The molecule has 0 spiro atoms. The zero-order valence-corrected chi connectivity index (χ0v) is 15.3. The molecule has 0 heterocycles. The van der Waals surface area contributed by atoms with E-state index in [1.807, 2.05) is 60.7 Å². The van der Waals surface area contributed by atoms with Gasteiger partial charge in [0.2, 0.25) is 0 Å². The smallest absolute Gasteiger partial charge is 0.548 e. The van der Waals surface area contributed by atoms with Gasteiger partial charge in [-0.25, -0.2) is 0 Å². The van der Waals surface area contributed by atoms with Gasteiger partial charge in [0.1, 0.15) is 0 Å². The minimum absolute atomic E-state index is 0. The van der Waals surface area contributed by atoms with Crippen molar-refractivity contribution in [2.45, 2.75) is 24.9 Å². The van der Waals surface area contributed by atoms with E-state index in [2.05, 4.69) is 0 Å². The molecular formula is C18H20MgN2O4. The fraction of sp³-hybridized carbons (Fsp3) is 0.222. The number of carbonyl (C=O) groups is 2. The van der Waals surface area contributed by atoms with Crippen LogP contribution in [0.2, 0.25) is 0 Å². The van der Waals surface area contributed by atoms with E-state index in [9.17, 15) is 19.8 Å². The van der Waals surface area contributed by atoms with E-state index >= 15 is 0 Å². The average Bonchev–Trinajstić information content (AvgIpc) is 2.57. The van der Waals surface area contributed by atoms with Crippen molar-refractivity contribution in [3.05, 3.63) is 71.8 Å². The number of carboxylic acids is 2. The van der Waals surface area contributed by atoms with Crippen LogP contribution < -0.4 is 21.7 Å². The second kappa shape index (κ2) is 12.4. The van der Waals surface area contributed by atoms with Crippen LogP contribution >= 0.6 is 0 Å². The zero-order chi connectivity index (χ0) is 17.9. The van der Waals surface area contributed by atoms with Gasteiger partial charge in [0.05, 0.1) is 11.9 Å². The van der Waals surface area contributed by atoms with Gasteiger partial charge in [-0.05, 0) is 24.0 Å². The van der Waals surface area contributed by atoms with Crippen LogP contribution in [0.15, 0.2) is 60.7 Å². The Labute approximate surface area is 163 Å². The maximum atomic E-state index is 10.3. The first kappa shape index (κ1) is 23.1. The third kappa shape index (κ3) is 9.83. The molecule has 0 aliphatic heterocycles. The molecule has 4 N–H and O–H groups in total. The van der Waals surface area contributed by atoms with Crippen molar-refractivity contribution in [3.63, 3.8) is 0 Å². The topological polar surface area (TPSA) is 132 Å². The van der Waals surface area contributed by atoms with Crippen molar-refractivity contribution in [1.82, 2.24) is 0 Å². The van der Waals surface area contributed by atoms with Gasteiger partial charge in [-0.3, -0.25) is 0 Å². The second-order valence-corrected chi connectivity index (χ2v) is 5.23. The Bertz CT molecular complexity index is 581. The van der Waals surface area contributed by atoms with E-state index in [0.29, 0.717) is 12.8 Å². The van der Waals surface area contributed by atoms with Crippen molar-refractivity contribution in [2.24, 2.45) is 11.5 Å². The van der Waals surface area contributed by atoms with Gasteiger partial charge in [0.15, 0.2) is 0 Å². The van der Waals surface area contributed by atoms with Crippen LogP contribution in [-0.2, 0) is 22.4 Å². The van der Waals surface area contributed by atoms with Crippen molar-refractivity contribution < 1.29 is 19.8 Å². The van der Waals surface area contributed by atoms with E-state index in [0.717, 1.165) is 11.1 Å². The fourth-order valence-electron chi connectivity index (χ4n) is 1.90. The summed E-state index contributed by atoms with van der Waals surface area (Å²) < 4.78 is 0. The Hall–Kier alpha value is -1.93. The first-order chi connectivity index (χ1) is 11.4. The molecule has 2 rings (SSSR count). The number of carbonyl (C=O) groups excluding carboxylic acids is 2. The van der Waals surface area contributed by atoms with Crippen molar-refractivity contribution in [2.75, 3.05) is 0 Å². The first-order valence-corrected chi connectivity index (χ1v) is 7.41. The summed E-state index contributed by atoms with van der Waals surface area (Å²) in [4.78, 5) is 20.5. The van der Waals surface area contributed by atoms with Gasteiger partial charge < -0.3 is 31.3 Å². The molecule has 128 valence electrons. The number of rotatable bonds is 6. The van der Waals surface area contributed by atoms with E-state index in [1.165, 1.54) is 0 Å². The summed E-state index contributed by atoms with van der Waals surface area (Å²) in [5.41, 5.74) is 12.4. The van der Waals surface area contributed by atoms with E-state index in [-0.39, 0.29) is 23.1 Å². The zero-order valence-electron chi connectivity index (χ0n) is 13.8. The molecule has 7 heteroatoms. The van der Waals surface area contributed by atoms with Gasteiger partial charge >= 0.3 is 23.1 Å². The SMILES string of the molecule is N[C@@H](Cc1ccccc1)C(=O)[O-].N[C@@H](Cc1ccccc1)C(=O)[O-].[Mg+2]. The molecule has 0 aromatic heterocycles. The summed E-state index contributed by atoms with van der Waals surface area (Å²) >= 11 is 0. The molecular weight excluding hydrogens is 333 g/mol. The van der Waals surface area contributed by atoms with E-state index in [1.54, 1.807) is 0 Å². The largest absolute Gasteiger partial charge is 2.00 e. The quantitative estimate of drug-likeness (QED) is 0.591. The average molecular weight is 353 g/mol. The number of aliphatic carboxylic acids is 2. The predicted octanol–water partition coefficient (Wildman–Crippen LogP) is -1.77. The Morgan fingerprint density at radius 3 is 1.24 bits per heavy atom. The van der Waals surface area contributed by atoms with Crippen LogP contribution in [0.5, 0.6) is 0 Å². The third-order valence-electron chi connectivity index (χ3n) is 3.20. The normalized spacial score (nSPS) is 11.9. The standard InChI is InChI=1S/2C9H11NO2.Mg/c2*10-8(9(11)12)6-7-4-2-1-3-5-7;/h2*1-5,8H,6,10H2,(H,11,12);/q;;+2/p-2/t2*8-;/m00./s1.